The van der Waals surface area contributed by atoms with Crippen LogP contribution in [0.4, 0.5) is 0 Å². The molecule has 2 rings (SSSR count). The SMILES string of the molecule is CCOC(=O)Cc1ccnc2ccc(OC)cc12. The number of hydrogen-bond donors (Lipinski definition) is 0. The number of esters is 1. The minimum Gasteiger partial charge on any atom is -0.497 e. The number of rotatable bonds is 4. The van der Waals surface area contributed by atoms with Crippen LogP contribution < -0.4 is 4.74 Å². The summed E-state index contributed by atoms with van der Waals surface area (Å²) in [6.07, 6.45) is 1.95. The van der Waals surface area contributed by atoms with Gasteiger partial charge in [0.2, 0.25) is 0 Å². The van der Waals surface area contributed by atoms with Gasteiger partial charge in [0, 0.05) is 11.6 Å². The molecule has 94 valence electrons. The van der Waals surface area contributed by atoms with Crippen molar-refractivity contribution in [2.75, 3.05) is 13.7 Å². The Morgan fingerprint density at radius 2 is 2.17 bits per heavy atom. The second-order valence-corrected chi connectivity index (χ2v) is 3.83. The monoisotopic (exact) mass is 245 g/mol. The average Bonchev–Trinajstić information content (AvgIpc) is 2.39. The van der Waals surface area contributed by atoms with Gasteiger partial charge in [-0.3, -0.25) is 9.78 Å². The van der Waals surface area contributed by atoms with Gasteiger partial charge in [-0.05, 0) is 36.8 Å². The maximum Gasteiger partial charge on any atom is 0.310 e. The molecule has 0 aliphatic rings. The predicted molar refractivity (Wildman–Crippen MR) is 68.6 cm³/mol. The van der Waals surface area contributed by atoms with Crippen LogP contribution in [0.15, 0.2) is 30.5 Å². The Bertz CT molecular complexity index is 566. The molecule has 0 amide bonds. The maximum absolute atomic E-state index is 11.5. The van der Waals surface area contributed by atoms with Gasteiger partial charge >= 0.3 is 5.97 Å². The molecule has 0 saturated heterocycles. The van der Waals surface area contributed by atoms with Crippen LogP contribution in [-0.2, 0) is 16.0 Å². The number of carbonyl (C=O) groups excluding carboxylic acids is 1. The van der Waals surface area contributed by atoms with Crippen molar-refractivity contribution in [2.24, 2.45) is 0 Å². The molecule has 0 aliphatic carbocycles. The van der Waals surface area contributed by atoms with Crippen LogP contribution in [0.2, 0.25) is 0 Å². The molecule has 4 heteroatoms. The summed E-state index contributed by atoms with van der Waals surface area (Å²) in [5.41, 5.74) is 1.75. The van der Waals surface area contributed by atoms with E-state index in [1.165, 1.54) is 0 Å². The van der Waals surface area contributed by atoms with E-state index in [-0.39, 0.29) is 12.4 Å². The fourth-order valence-electron chi connectivity index (χ4n) is 1.83. The third-order valence-corrected chi connectivity index (χ3v) is 2.68. The third kappa shape index (κ3) is 2.59. The number of nitrogens with zero attached hydrogens (tertiary/aromatic N) is 1. The summed E-state index contributed by atoms with van der Waals surface area (Å²) >= 11 is 0. The van der Waals surface area contributed by atoms with Gasteiger partial charge in [0.15, 0.2) is 0 Å². The molecule has 1 aromatic carbocycles. The molecule has 4 nitrogen and oxygen atoms in total. The average molecular weight is 245 g/mol. The number of fused-ring (bicyclic) bond motifs is 1. The van der Waals surface area contributed by atoms with Gasteiger partial charge < -0.3 is 9.47 Å². The lowest BCUT2D eigenvalue weighted by Gasteiger charge is -2.07. The highest BCUT2D eigenvalue weighted by Gasteiger charge is 2.09. The van der Waals surface area contributed by atoms with Gasteiger partial charge in [-0.1, -0.05) is 0 Å². The Labute approximate surface area is 106 Å². The fraction of sp³-hybridized carbons (Fsp3) is 0.286. The Balaban J connectivity index is 2.40. The van der Waals surface area contributed by atoms with Crippen LogP contribution in [0.3, 0.4) is 0 Å². The number of carbonyl (C=O) groups is 1. The molecule has 2 aromatic rings. The van der Waals surface area contributed by atoms with Crippen LogP contribution >= 0.6 is 0 Å². The van der Waals surface area contributed by atoms with E-state index in [9.17, 15) is 4.79 Å². The summed E-state index contributed by atoms with van der Waals surface area (Å²) in [7, 11) is 1.61. The summed E-state index contributed by atoms with van der Waals surface area (Å²) in [4.78, 5) is 15.8. The van der Waals surface area contributed by atoms with Gasteiger partial charge in [-0.25, -0.2) is 0 Å². The van der Waals surface area contributed by atoms with Crippen molar-refractivity contribution in [1.29, 1.82) is 0 Å². The first-order valence-corrected chi connectivity index (χ1v) is 5.82. The summed E-state index contributed by atoms with van der Waals surface area (Å²) in [5, 5.41) is 0.921. The van der Waals surface area contributed by atoms with Gasteiger partial charge in [0.05, 0.1) is 25.7 Å². The minimum absolute atomic E-state index is 0.229. The zero-order valence-corrected chi connectivity index (χ0v) is 10.5. The summed E-state index contributed by atoms with van der Waals surface area (Å²) in [6, 6.07) is 7.45. The first-order chi connectivity index (χ1) is 8.74. The van der Waals surface area contributed by atoms with Crippen LogP contribution in [-0.4, -0.2) is 24.7 Å². The molecule has 0 saturated carbocycles. The first kappa shape index (κ1) is 12.4. The molecule has 0 aliphatic heterocycles. The number of pyridine rings is 1. The fourth-order valence-corrected chi connectivity index (χ4v) is 1.83. The van der Waals surface area contributed by atoms with Crippen LogP contribution in [0, 0.1) is 0 Å². The van der Waals surface area contributed by atoms with E-state index in [1.54, 1.807) is 20.2 Å². The Hall–Kier alpha value is -2.10. The zero-order valence-electron chi connectivity index (χ0n) is 10.5. The highest BCUT2D eigenvalue weighted by atomic mass is 16.5. The van der Waals surface area contributed by atoms with Gasteiger partial charge in [0.1, 0.15) is 5.75 Å². The van der Waals surface area contributed by atoms with Gasteiger partial charge in [-0.2, -0.15) is 0 Å². The Kier molecular flexibility index (Phi) is 3.77. The van der Waals surface area contributed by atoms with Crippen molar-refractivity contribution >= 4 is 16.9 Å². The largest absolute Gasteiger partial charge is 0.497 e. The van der Waals surface area contributed by atoms with Crippen molar-refractivity contribution in [1.82, 2.24) is 4.98 Å². The smallest absolute Gasteiger partial charge is 0.310 e. The second-order valence-electron chi connectivity index (χ2n) is 3.83. The van der Waals surface area contributed by atoms with Crippen molar-refractivity contribution in [3.8, 4) is 5.75 Å². The minimum atomic E-state index is -0.229. The molecule has 0 N–H and O–H groups in total. The van der Waals surface area contributed by atoms with Gasteiger partial charge in [0.25, 0.3) is 0 Å². The van der Waals surface area contributed by atoms with Crippen LogP contribution in [0.25, 0.3) is 10.9 Å². The summed E-state index contributed by atoms with van der Waals surface area (Å²) in [5.74, 6) is 0.522. The van der Waals surface area contributed by atoms with Crippen LogP contribution in [0.1, 0.15) is 12.5 Å². The maximum atomic E-state index is 11.5. The van der Waals surface area contributed by atoms with E-state index in [1.807, 2.05) is 24.3 Å². The molecular formula is C14H15NO3. The lowest BCUT2D eigenvalue weighted by molar-refractivity contribution is -0.142. The van der Waals surface area contributed by atoms with E-state index in [0.29, 0.717) is 6.61 Å². The number of aromatic nitrogens is 1. The Morgan fingerprint density at radius 1 is 1.33 bits per heavy atom. The van der Waals surface area contributed by atoms with Crippen molar-refractivity contribution in [3.05, 3.63) is 36.0 Å². The molecular weight excluding hydrogens is 230 g/mol. The predicted octanol–water partition coefficient (Wildman–Crippen LogP) is 2.35. The molecule has 18 heavy (non-hydrogen) atoms. The molecule has 0 spiro atoms. The quantitative estimate of drug-likeness (QED) is 0.776. The summed E-state index contributed by atoms with van der Waals surface area (Å²) < 4.78 is 10.1. The normalized spacial score (nSPS) is 10.3. The number of ether oxygens (including phenoxy) is 2. The lowest BCUT2D eigenvalue weighted by Crippen LogP contribution is -2.08. The van der Waals surface area contributed by atoms with Gasteiger partial charge in [-0.15, -0.1) is 0 Å². The first-order valence-electron chi connectivity index (χ1n) is 5.82. The highest BCUT2D eigenvalue weighted by molar-refractivity contribution is 5.87. The number of benzene rings is 1. The standard InChI is InChI=1S/C14H15NO3/c1-3-18-14(16)8-10-6-7-15-13-5-4-11(17-2)9-12(10)13/h4-7,9H,3,8H2,1-2H3. The number of methoxy groups -OCH3 is 1. The summed E-state index contributed by atoms with van der Waals surface area (Å²) in [6.45, 7) is 2.19. The van der Waals surface area contributed by atoms with Crippen molar-refractivity contribution in [2.45, 2.75) is 13.3 Å². The molecule has 0 atom stereocenters. The third-order valence-electron chi connectivity index (χ3n) is 2.68. The van der Waals surface area contributed by atoms with Crippen LogP contribution in [0.5, 0.6) is 5.75 Å². The Morgan fingerprint density at radius 3 is 2.89 bits per heavy atom. The highest BCUT2D eigenvalue weighted by Crippen LogP contribution is 2.22. The van der Waals surface area contributed by atoms with E-state index in [2.05, 4.69) is 4.98 Å². The lowest BCUT2D eigenvalue weighted by atomic mass is 10.1. The topological polar surface area (TPSA) is 48.4 Å². The second kappa shape index (κ2) is 5.49. The van der Waals surface area contributed by atoms with Crippen molar-refractivity contribution in [3.63, 3.8) is 0 Å². The zero-order chi connectivity index (χ0) is 13.0. The molecule has 1 heterocycles. The van der Waals surface area contributed by atoms with E-state index in [0.717, 1.165) is 22.2 Å². The molecule has 0 fully saturated rings. The molecule has 0 radical (unpaired) electrons. The molecule has 1 aromatic heterocycles. The van der Waals surface area contributed by atoms with E-state index >= 15 is 0 Å². The van der Waals surface area contributed by atoms with E-state index in [4.69, 9.17) is 9.47 Å². The van der Waals surface area contributed by atoms with E-state index < -0.39 is 0 Å². The number of hydrogen-bond acceptors (Lipinski definition) is 4. The molecule has 0 unspecified atom stereocenters. The van der Waals surface area contributed by atoms with Crippen molar-refractivity contribution < 1.29 is 14.3 Å². The molecule has 0 bridgehead atoms.